The highest BCUT2D eigenvalue weighted by Gasteiger charge is 2.58. The van der Waals surface area contributed by atoms with Crippen LogP contribution in [0.2, 0.25) is 0 Å². The lowest BCUT2D eigenvalue weighted by Gasteiger charge is -2.59. The molecule has 2 N–H and O–H groups in total. The van der Waals surface area contributed by atoms with Gasteiger partial charge in [0.05, 0.1) is 5.60 Å². The molecule has 0 saturated heterocycles. The fourth-order valence-electron chi connectivity index (χ4n) is 2.44. The zero-order valence-electron chi connectivity index (χ0n) is 12.3. The fraction of sp³-hybridized carbons (Fsp3) is 0.923. The van der Waals surface area contributed by atoms with Crippen molar-refractivity contribution in [1.82, 2.24) is 10.6 Å². The van der Waals surface area contributed by atoms with Crippen molar-refractivity contribution in [3.8, 4) is 0 Å². The van der Waals surface area contributed by atoms with Crippen LogP contribution in [0.15, 0.2) is 0 Å². The Morgan fingerprint density at radius 3 is 2.39 bits per heavy atom. The highest BCUT2D eigenvalue weighted by molar-refractivity contribution is 5.85. The largest absolute Gasteiger partial charge is 0.378 e. The summed E-state index contributed by atoms with van der Waals surface area (Å²) >= 11 is 0. The first-order valence-corrected chi connectivity index (χ1v) is 6.28. The number of methoxy groups -OCH3 is 1. The number of nitrogens with one attached hydrogen (secondary N) is 2. The number of carbonyl (C=O) groups excluding carboxylic acids is 1. The van der Waals surface area contributed by atoms with Gasteiger partial charge in [-0.1, -0.05) is 20.8 Å². The third-order valence-corrected chi connectivity index (χ3v) is 4.55. The van der Waals surface area contributed by atoms with Crippen molar-refractivity contribution in [3.63, 3.8) is 0 Å². The number of hydrogen-bond donors (Lipinski definition) is 2. The smallest absolute Gasteiger partial charge is 0.224 e. The molecule has 0 aliphatic heterocycles. The number of rotatable bonds is 5. The molecule has 4 nitrogen and oxygen atoms in total. The minimum Gasteiger partial charge on any atom is -0.378 e. The molecule has 5 heteroatoms. The van der Waals surface area contributed by atoms with Gasteiger partial charge < -0.3 is 15.4 Å². The topological polar surface area (TPSA) is 50.4 Å². The van der Waals surface area contributed by atoms with E-state index in [1.807, 2.05) is 14.0 Å². The second kappa shape index (κ2) is 6.22. The molecular weight excluding hydrogens is 252 g/mol. The van der Waals surface area contributed by atoms with Gasteiger partial charge in [0.1, 0.15) is 0 Å². The average molecular weight is 279 g/mol. The first kappa shape index (κ1) is 17.7. The van der Waals surface area contributed by atoms with Gasteiger partial charge in [-0.25, -0.2) is 0 Å². The van der Waals surface area contributed by atoms with E-state index < -0.39 is 0 Å². The Hall–Kier alpha value is -0.320. The van der Waals surface area contributed by atoms with Crippen molar-refractivity contribution < 1.29 is 9.53 Å². The summed E-state index contributed by atoms with van der Waals surface area (Å²) in [4.78, 5) is 11.9. The van der Waals surface area contributed by atoms with Crippen LogP contribution in [0.4, 0.5) is 0 Å². The maximum Gasteiger partial charge on any atom is 0.224 e. The van der Waals surface area contributed by atoms with Gasteiger partial charge in [0.25, 0.3) is 0 Å². The number of halogens is 1. The molecule has 18 heavy (non-hydrogen) atoms. The molecule has 0 spiro atoms. The van der Waals surface area contributed by atoms with Gasteiger partial charge in [-0.15, -0.1) is 12.4 Å². The highest BCUT2D eigenvalue weighted by Crippen LogP contribution is 2.51. The first-order valence-electron chi connectivity index (χ1n) is 6.28. The van der Waals surface area contributed by atoms with Crippen molar-refractivity contribution in [2.75, 3.05) is 20.7 Å². The second-order valence-corrected chi connectivity index (χ2v) is 5.88. The van der Waals surface area contributed by atoms with E-state index in [1.54, 1.807) is 7.11 Å². The van der Waals surface area contributed by atoms with Gasteiger partial charge in [-0.05, 0) is 20.4 Å². The van der Waals surface area contributed by atoms with Crippen LogP contribution in [-0.2, 0) is 9.53 Å². The zero-order valence-corrected chi connectivity index (χ0v) is 13.1. The third-order valence-electron chi connectivity index (χ3n) is 4.55. The summed E-state index contributed by atoms with van der Waals surface area (Å²) in [6, 6.07) is 0.208. The van der Waals surface area contributed by atoms with Crippen LogP contribution in [0.1, 0.15) is 34.1 Å². The van der Waals surface area contributed by atoms with Crippen LogP contribution in [0, 0.1) is 11.3 Å². The zero-order chi connectivity index (χ0) is 13.3. The lowest BCUT2D eigenvalue weighted by molar-refractivity contribution is -0.183. The summed E-state index contributed by atoms with van der Waals surface area (Å²) in [5, 5.41) is 6.14. The summed E-state index contributed by atoms with van der Waals surface area (Å²) < 4.78 is 5.55. The van der Waals surface area contributed by atoms with Gasteiger partial charge in [0.2, 0.25) is 5.91 Å². The molecule has 1 aliphatic carbocycles. The molecule has 1 rings (SSSR count). The third kappa shape index (κ3) is 2.98. The summed E-state index contributed by atoms with van der Waals surface area (Å²) in [5.41, 5.74) is -0.145. The Morgan fingerprint density at radius 2 is 2.00 bits per heavy atom. The van der Waals surface area contributed by atoms with Gasteiger partial charge in [0, 0.05) is 31.0 Å². The lowest BCUT2D eigenvalue weighted by Crippen LogP contribution is -2.69. The molecule has 1 fully saturated rings. The Bertz CT molecular complexity index is 297. The summed E-state index contributed by atoms with van der Waals surface area (Å²) in [6.07, 6.45) is 0.883. The summed E-state index contributed by atoms with van der Waals surface area (Å²) in [5.74, 6) is 0.126. The Balaban J connectivity index is 0.00000289. The van der Waals surface area contributed by atoms with E-state index in [0.717, 1.165) is 6.42 Å². The van der Waals surface area contributed by atoms with E-state index in [2.05, 4.69) is 31.4 Å². The molecule has 0 aromatic heterocycles. The molecule has 1 aliphatic rings. The summed E-state index contributed by atoms with van der Waals surface area (Å²) in [7, 11) is 3.60. The monoisotopic (exact) mass is 278 g/mol. The molecule has 1 amide bonds. The predicted molar refractivity (Wildman–Crippen MR) is 76.1 cm³/mol. The quantitative estimate of drug-likeness (QED) is 0.803. The average Bonchev–Trinajstić information content (AvgIpc) is 2.28. The maximum absolute atomic E-state index is 11.9. The van der Waals surface area contributed by atoms with Gasteiger partial charge in [-0.2, -0.15) is 0 Å². The molecule has 3 unspecified atom stereocenters. The van der Waals surface area contributed by atoms with Crippen LogP contribution in [0.5, 0.6) is 0 Å². The SMILES string of the molecule is CNCC(C)C(=O)NC1CC(C)(OC)C1(C)C.Cl. The minimum absolute atomic E-state index is 0. The molecule has 0 radical (unpaired) electrons. The van der Waals surface area contributed by atoms with E-state index in [1.165, 1.54) is 0 Å². The maximum atomic E-state index is 11.9. The Labute approximate surface area is 117 Å². The van der Waals surface area contributed by atoms with E-state index in [-0.39, 0.29) is 41.3 Å². The molecular formula is C13H27ClN2O2. The lowest BCUT2D eigenvalue weighted by atomic mass is 9.55. The van der Waals surface area contributed by atoms with E-state index >= 15 is 0 Å². The highest BCUT2D eigenvalue weighted by atomic mass is 35.5. The van der Waals surface area contributed by atoms with Crippen molar-refractivity contribution in [2.24, 2.45) is 11.3 Å². The van der Waals surface area contributed by atoms with Crippen molar-refractivity contribution >= 4 is 18.3 Å². The predicted octanol–water partition coefficient (Wildman–Crippen LogP) is 1.58. The molecule has 0 bridgehead atoms. The minimum atomic E-state index is -0.128. The van der Waals surface area contributed by atoms with Crippen LogP contribution in [-0.4, -0.2) is 38.3 Å². The number of hydrogen-bond acceptors (Lipinski definition) is 3. The number of amides is 1. The van der Waals surface area contributed by atoms with Crippen LogP contribution in [0.3, 0.4) is 0 Å². The molecule has 0 aromatic carbocycles. The second-order valence-electron chi connectivity index (χ2n) is 5.88. The standard InChI is InChI=1S/C13H26N2O2.ClH/c1-9(8-14-5)11(16)15-10-7-13(4,17-6)12(10,2)3;/h9-10,14H,7-8H2,1-6H3,(H,15,16);1H. The van der Waals surface area contributed by atoms with E-state index in [4.69, 9.17) is 4.74 Å². The van der Waals surface area contributed by atoms with Gasteiger partial charge in [0.15, 0.2) is 0 Å². The van der Waals surface area contributed by atoms with Gasteiger partial charge >= 0.3 is 0 Å². The summed E-state index contributed by atoms with van der Waals surface area (Å²) in [6.45, 7) is 9.04. The van der Waals surface area contributed by atoms with Crippen LogP contribution in [0.25, 0.3) is 0 Å². The number of carbonyl (C=O) groups is 1. The molecule has 0 aromatic rings. The van der Waals surface area contributed by atoms with E-state index in [0.29, 0.717) is 6.54 Å². The molecule has 108 valence electrons. The molecule has 3 atom stereocenters. The first-order chi connectivity index (χ1) is 7.78. The normalized spacial score (nSPS) is 30.9. The molecule has 0 heterocycles. The van der Waals surface area contributed by atoms with Gasteiger partial charge in [-0.3, -0.25) is 4.79 Å². The Kier molecular flexibility index (Phi) is 6.11. The Morgan fingerprint density at radius 1 is 1.44 bits per heavy atom. The van der Waals surface area contributed by atoms with E-state index in [9.17, 15) is 4.79 Å². The van der Waals surface area contributed by atoms with Crippen molar-refractivity contribution in [1.29, 1.82) is 0 Å². The fourth-order valence-corrected chi connectivity index (χ4v) is 2.44. The van der Waals surface area contributed by atoms with Crippen LogP contribution >= 0.6 is 12.4 Å². The number of ether oxygens (including phenoxy) is 1. The van der Waals surface area contributed by atoms with Crippen LogP contribution < -0.4 is 10.6 Å². The molecule has 1 saturated carbocycles. The van der Waals surface area contributed by atoms with Crippen molar-refractivity contribution in [2.45, 2.75) is 45.8 Å². The van der Waals surface area contributed by atoms with Crippen molar-refractivity contribution in [3.05, 3.63) is 0 Å².